The van der Waals surface area contributed by atoms with Crippen molar-refractivity contribution in [1.82, 2.24) is 4.90 Å². The summed E-state index contributed by atoms with van der Waals surface area (Å²) in [6.07, 6.45) is 0. The summed E-state index contributed by atoms with van der Waals surface area (Å²) < 4.78 is 5.03. The zero-order valence-corrected chi connectivity index (χ0v) is 8.68. The molecule has 6 nitrogen and oxygen atoms in total. The standard InChI is InChI=1S/C9H16N2O4/c1-6(4-10)8(12)11-2-3-15-5-7(11)9(13)14/h6-7H,2-5,10H2,1H3,(H,13,14). The summed E-state index contributed by atoms with van der Waals surface area (Å²) in [5.74, 6) is -1.59. The van der Waals surface area contributed by atoms with Crippen molar-refractivity contribution >= 4 is 11.9 Å². The lowest BCUT2D eigenvalue weighted by atomic mass is 10.1. The van der Waals surface area contributed by atoms with E-state index in [-0.39, 0.29) is 25.0 Å². The van der Waals surface area contributed by atoms with Crippen LogP contribution < -0.4 is 5.73 Å². The second-order valence-corrected chi connectivity index (χ2v) is 3.60. The molecule has 3 N–H and O–H groups in total. The van der Waals surface area contributed by atoms with E-state index < -0.39 is 12.0 Å². The van der Waals surface area contributed by atoms with Gasteiger partial charge < -0.3 is 20.5 Å². The van der Waals surface area contributed by atoms with E-state index in [1.165, 1.54) is 4.90 Å². The molecular weight excluding hydrogens is 200 g/mol. The smallest absolute Gasteiger partial charge is 0.328 e. The zero-order chi connectivity index (χ0) is 11.4. The summed E-state index contributed by atoms with van der Waals surface area (Å²) in [5, 5.41) is 8.91. The molecule has 1 aliphatic rings. The van der Waals surface area contributed by atoms with Crippen LogP contribution in [0.5, 0.6) is 0 Å². The molecular formula is C9H16N2O4. The van der Waals surface area contributed by atoms with Crippen molar-refractivity contribution in [2.75, 3.05) is 26.3 Å². The van der Waals surface area contributed by atoms with Crippen LogP contribution in [-0.2, 0) is 14.3 Å². The summed E-state index contributed by atoms with van der Waals surface area (Å²) >= 11 is 0. The third kappa shape index (κ3) is 2.66. The molecule has 2 unspecified atom stereocenters. The number of carboxylic acids is 1. The van der Waals surface area contributed by atoms with Crippen LogP contribution in [0.1, 0.15) is 6.92 Å². The molecule has 0 aromatic rings. The number of carbonyl (C=O) groups excluding carboxylic acids is 1. The largest absolute Gasteiger partial charge is 0.480 e. The van der Waals surface area contributed by atoms with Gasteiger partial charge in [0.05, 0.1) is 13.2 Å². The molecule has 1 fully saturated rings. The number of nitrogens with zero attached hydrogens (tertiary/aromatic N) is 1. The van der Waals surface area contributed by atoms with Gasteiger partial charge in [-0.2, -0.15) is 0 Å². The van der Waals surface area contributed by atoms with Crippen LogP contribution in [0.4, 0.5) is 0 Å². The first kappa shape index (κ1) is 11.9. The van der Waals surface area contributed by atoms with Gasteiger partial charge in [-0.25, -0.2) is 4.79 Å². The lowest BCUT2D eigenvalue weighted by Crippen LogP contribution is -2.54. The average molecular weight is 216 g/mol. The highest BCUT2D eigenvalue weighted by Crippen LogP contribution is 2.11. The molecule has 0 aliphatic carbocycles. The first-order valence-electron chi connectivity index (χ1n) is 4.89. The fourth-order valence-corrected chi connectivity index (χ4v) is 1.46. The van der Waals surface area contributed by atoms with Crippen molar-refractivity contribution in [2.24, 2.45) is 11.7 Å². The van der Waals surface area contributed by atoms with Gasteiger partial charge >= 0.3 is 5.97 Å². The van der Waals surface area contributed by atoms with Gasteiger partial charge in [-0.05, 0) is 0 Å². The van der Waals surface area contributed by atoms with Crippen molar-refractivity contribution in [3.8, 4) is 0 Å². The quantitative estimate of drug-likeness (QED) is 0.624. The molecule has 86 valence electrons. The second-order valence-electron chi connectivity index (χ2n) is 3.60. The highest BCUT2D eigenvalue weighted by Gasteiger charge is 2.34. The van der Waals surface area contributed by atoms with E-state index in [1.807, 2.05) is 0 Å². The Hall–Kier alpha value is -1.14. The number of amides is 1. The van der Waals surface area contributed by atoms with Crippen molar-refractivity contribution < 1.29 is 19.4 Å². The third-order valence-corrected chi connectivity index (χ3v) is 2.47. The highest BCUT2D eigenvalue weighted by atomic mass is 16.5. The van der Waals surface area contributed by atoms with Crippen molar-refractivity contribution in [3.63, 3.8) is 0 Å². The molecule has 1 aliphatic heterocycles. The fourth-order valence-electron chi connectivity index (χ4n) is 1.46. The van der Waals surface area contributed by atoms with Gasteiger partial charge in [0.15, 0.2) is 6.04 Å². The van der Waals surface area contributed by atoms with Gasteiger partial charge in [-0.15, -0.1) is 0 Å². The summed E-state index contributed by atoms with van der Waals surface area (Å²) in [7, 11) is 0. The lowest BCUT2D eigenvalue weighted by molar-refractivity contribution is -0.159. The van der Waals surface area contributed by atoms with Crippen molar-refractivity contribution in [2.45, 2.75) is 13.0 Å². The molecule has 6 heteroatoms. The zero-order valence-electron chi connectivity index (χ0n) is 8.68. The SMILES string of the molecule is CC(CN)C(=O)N1CCOCC1C(=O)O. The maximum absolute atomic E-state index is 11.8. The number of rotatable bonds is 3. The number of carbonyl (C=O) groups is 2. The van der Waals surface area contributed by atoms with Crippen LogP contribution in [0.25, 0.3) is 0 Å². The minimum atomic E-state index is -1.03. The first-order chi connectivity index (χ1) is 7.07. The Bertz CT molecular complexity index is 256. The number of aliphatic carboxylic acids is 1. The molecule has 1 rings (SSSR count). The van der Waals surface area contributed by atoms with E-state index in [2.05, 4.69) is 0 Å². The van der Waals surface area contributed by atoms with Crippen LogP contribution in [0.3, 0.4) is 0 Å². The number of hydrogen-bond acceptors (Lipinski definition) is 4. The Balaban J connectivity index is 2.71. The van der Waals surface area contributed by atoms with E-state index >= 15 is 0 Å². The molecule has 0 bridgehead atoms. The normalized spacial score (nSPS) is 23.6. The van der Waals surface area contributed by atoms with Crippen molar-refractivity contribution in [3.05, 3.63) is 0 Å². The van der Waals surface area contributed by atoms with Gasteiger partial charge in [0.25, 0.3) is 0 Å². The van der Waals surface area contributed by atoms with Crippen LogP contribution >= 0.6 is 0 Å². The third-order valence-electron chi connectivity index (χ3n) is 2.47. The number of hydrogen-bond donors (Lipinski definition) is 2. The van der Waals surface area contributed by atoms with Gasteiger partial charge in [0.1, 0.15) is 0 Å². The predicted molar refractivity (Wildman–Crippen MR) is 52.2 cm³/mol. The van der Waals surface area contributed by atoms with Crippen LogP contribution in [0.2, 0.25) is 0 Å². The Morgan fingerprint density at radius 3 is 2.87 bits per heavy atom. The fraction of sp³-hybridized carbons (Fsp3) is 0.778. The Labute approximate surface area is 88.0 Å². The molecule has 0 spiro atoms. The topological polar surface area (TPSA) is 92.9 Å². The number of morpholine rings is 1. The molecule has 1 heterocycles. The monoisotopic (exact) mass is 216 g/mol. The minimum absolute atomic E-state index is 0.0539. The van der Waals surface area contributed by atoms with E-state index in [4.69, 9.17) is 15.6 Å². The van der Waals surface area contributed by atoms with Gasteiger partial charge in [-0.3, -0.25) is 4.79 Å². The predicted octanol–water partition coefficient (Wildman–Crippen LogP) is -1.11. The maximum atomic E-state index is 11.8. The number of nitrogens with two attached hydrogens (primary N) is 1. The molecule has 15 heavy (non-hydrogen) atoms. The maximum Gasteiger partial charge on any atom is 0.328 e. The van der Waals surface area contributed by atoms with Crippen molar-refractivity contribution in [1.29, 1.82) is 0 Å². The van der Waals surface area contributed by atoms with Crippen LogP contribution in [-0.4, -0.2) is 54.2 Å². The van der Waals surface area contributed by atoms with E-state index in [9.17, 15) is 9.59 Å². The van der Waals surface area contributed by atoms with Crippen LogP contribution in [0, 0.1) is 5.92 Å². The Morgan fingerprint density at radius 1 is 1.67 bits per heavy atom. The van der Waals surface area contributed by atoms with E-state index in [1.54, 1.807) is 6.92 Å². The molecule has 0 aromatic carbocycles. The lowest BCUT2D eigenvalue weighted by Gasteiger charge is -2.34. The Kier molecular flexibility index (Phi) is 4.05. The second kappa shape index (κ2) is 5.09. The molecule has 2 atom stereocenters. The average Bonchev–Trinajstić information content (AvgIpc) is 2.27. The summed E-state index contributed by atoms with van der Waals surface area (Å²) in [6.45, 7) is 2.67. The summed E-state index contributed by atoms with van der Waals surface area (Å²) in [4.78, 5) is 24.0. The number of ether oxygens (including phenoxy) is 1. The highest BCUT2D eigenvalue weighted by molar-refractivity contribution is 5.85. The molecule has 0 saturated carbocycles. The van der Waals surface area contributed by atoms with E-state index in [0.29, 0.717) is 13.2 Å². The van der Waals surface area contributed by atoms with Crippen LogP contribution in [0.15, 0.2) is 0 Å². The molecule has 1 amide bonds. The molecule has 0 radical (unpaired) electrons. The summed E-state index contributed by atoms with van der Waals surface area (Å²) in [6, 6.07) is -0.875. The molecule has 1 saturated heterocycles. The minimum Gasteiger partial charge on any atom is -0.480 e. The Morgan fingerprint density at radius 2 is 2.33 bits per heavy atom. The van der Waals surface area contributed by atoms with E-state index in [0.717, 1.165) is 0 Å². The van der Waals surface area contributed by atoms with Gasteiger partial charge in [0.2, 0.25) is 5.91 Å². The summed E-state index contributed by atoms with van der Waals surface area (Å²) in [5.41, 5.74) is 5.37. The first-order valence-corrected chi connectivity index (χ1v) is 4.89. The van der Waals surface area contributed by atoms with Gasteiger partial charge in [0, 0.05) is 19.0 Å². The van der Waals surface area contributed by atoms with Gasteiger partial charge in [-0.1, -0.05) is 6.92 Å². The number of carboxylic acid groups (broad SMARTS) is 1. The molecule has 0 aromatic heterocycles.